The molecule has 0 aliphatic carbocycles. The van der Waals surface area contributed by atoms with Crippen molar-refractivity contribution in [3.63, 3.8) is 0 Å². The van der Waals surface area contributed by atoms with Crippen LogP contribution < -0.4 is 0 Å². The molecule has 5 nitrogen and oxygen atoms in total. The summed E-state index contributed by atoms with van der Waals surface area (Å²) in [6, 6.07) is 0. The fraction of sp³-hybridized carbons (Fsp3) is 0.667. The summed E-state index contributed by atoms with van der Waals surface area (Å²) < 4.78 is 36.8. The molecule has 2 rings (SSSR count). The quantitative estimate of drug-likeness (QED) is 0.842. The second kappa shape index (κ2) is 5.24. The lowest BCUT2D eigenvalue weighted by atomic mass is 9.94. The number of hydrogen-bond acceptors (Lipinski definition) is 4. The lowest BCUT2D eigenvalue weighted by Crippen LogP contribution is -2.50. The number of amides is 1. The summed E-state index contributed by atoms with van der Waals surface area (Å²) in [5.41, 5.74) is 0.784. The molecule has 1 saturated heterocycles. The second-order valence-electron chi connectivity index (χ2n) is 4.73. The van der Waals surface area contributed by atoms with E-state index in [1.165, 1.54) is 18.3 Å². The smallest absolute Gasteiger partial charge is 0.259 e. The van der Waals surface area contributed by atoms with Crippen molar-refractivity contribution >= 4 is 5.91 Å². The first-order chi connectivity index (χ1) is 8.95. The second-order valence-corrected chi connectivity index (χ2v) is 4.73. The minimum absolute atomic E-state index is 0.0235. The monoisotopic (exact) mass is 274 g/mol. The molecule has 1 unspecified atom stereocenters. The van der Waals surface area contributed by atoms with Crippen molar-refractivity contribution in [2.75, 3.05) is 26.8 Å². The van der Waals surface area contributed by atoms with E-state index in [0.29, 0.717) is 11.3 Å². The van der Waals surface area contributed by atoms with E-state index < -0.39 is 11.8 Å². The van der Waals surface area contributed by atoms with Crippen molar-refractivity contribution in [3.05, 3.63) is 17.5 Å². The van der Waals surface area contributed by atoms with Gasteiger partial charge < -0.3 is 14.2 Å². The number of nitrogens with zero attached hydrogens (tertiary/aromatic N) is 2. The maximum Gasteiger partial charge on any atom is 0.259 e. The minimum Gasteiger partial charge on any atom is -0.384 e. The number of alkyl halides is 2. The van der Waals surface area contributed by atoms with Gasteiger partial charge in [0, 0.05) is 26.6 Å². The Labute approximate surface area is 109 Å². The number of carbonyl (C=O) groups excluding carboxylic acids is 1. The largest absolute Gasteiger partial charge is 0.384 e. The normalized spacial score (nSPS) is 22.5. The van der Waals surface area contributed by atoms with Crippen LogP contribution in [0.4, 0.5) is 8.78 Å². The molecule has 0 aromatic carbocycles. The number of rotatable bonds is 3. The van der Waals surface area contributed by atoms with E-state index in [1.807, 2.05) is 0 Å². The van der Waals surface area contributed by atoms with Crippen molar-refractivity contribution in [1.82, 2.24) is 10.1 Å². The van der Waals surface area contributed by atoms with E-state index >= 15 is 0 Å². The molecule has 106 valence electrons. The number of carbonyl (C=O) groups is 1. The molecule has 2 heterocycles. The molecule has 1 aliphatic rings. The van der Waals surface area contributed by atoms with Crippen LogP contribution in [0.3, 0.4) is 0 Å². The highest BCUT2D eigenvalue weighted by Gasteiger charge is 2.45. The van der Waals surface area contributed by atoms with Gasteiger partial charge in [-0.3, -0.25) is 4.79 Å². The summed E-state index contributed by atoms with van der Waals surface area (Å²) in [4.78, 5) is 13.6. The average Bonchev–Trinajstić information content (AvgIpc) is 2.77. The number of methoxy groups -OCH3 is 1. The Morgan fingerprint density at radius 2 is 2.42 bits per heavy atom. The molecule has 0 saturated carbocycles. The Morgan fingerprint density at radius 3 is 3.00 bits per heavy atom. The van der Waals surface area contributed by atoms with Gasteiger partial charge in [-0.15, -0.1) is 0 Å². The summed E-state index contributed by atoms with van der Waals surface area (Å²) in [5, 5.41) is 3.62. The highest BCUT2D eigenvalue weighted by Crippen LogP contribution is 2.34. The number of ether oxygens (including phenoxy) is 1. The lowest BCUT2D eigenvalue weighted by molar-refractivity contribution is -0.118. The zero-order valence-corrected chi connectivity index (χ0v) is 10.9. The van der Waals surface area contributed by atoms with Crippen molar-refractivity contribution in [2.24, 2.45) is 5.92 Å². The number of aryl methyl sites for hydroxylation is 1. The molecule has 0 bridgehead atoms. The van der Waals surface area contributed by atoms with Gasteiger partial charge >= 0.3 is 0 Å². The van der Waals surface area contributed by atoms with E-state index in [2.05, 4.69) is 5.16 Å². The predicted molar refractivity (Wildman–Crippen MR) is 62.1 cm³/mol. The molecule has 1 aromatic heterocycles. The van der Waals surface area contributed by atoms with Gasteiger partial charge in [-0.05, 0) is 6.92 Å². The van der Waals surface area contributed by atoms with Crippen LogP contribution in [0.25, 0.3) is 0 Å². The fourth-order valence-corrected chi connectivity index (χ4v) is 2.21. The molecule has 1 amide bonds. The first kappa shape index (κ1) is 13.9. The maximum absolute atomic E-state index is 13.7. The van der Waals surface area contributed by atoms with E-state index in [4.69, 9.17) is 9.26 Å². The van der Waals surface area contributed by atoms with Crippen LogP contribution in [0.2, 0.25) is 0 Å². The molecule has 19 heavy (non-hydrogen) atoms. The Balaban J connectivity index is 2.11. The number of piperidine rings is 1. The summed E-state index contributed by atoms with van der Waals surface area (Å²) >= 11 is 0. The van der Waals surface area contributed by atoms with E-state index in [9.17, 15) is 13.6 Å². The standard InChI is InChI=1S/C12H16F2N2O3/c1-8-10(7-19-15-8)11(17)16-4-3-12(13,14)9(5-16)6-18-2/h7,9H,3-6H2,1-2H3. The van der Waals surface area contributed by atoms with Crippen LogP contribution in [0.15, 0.2) is 10.8 Å². The molecular weight excluding hydrogens is 258 g/mol. The Kier molecular flexibility index (Phi) is 3.84. The topological polar surface area (TPSA) is 55.6 Å². The zero-order chi connectivity index (χ0) is 14.0. The minimum atomic E-state index is -2.80. The number of hydrogen-bond donors (Lipinski definition) is 0. The average molecular weight is 274 g/mol. The molecule has 0 spiro atoms. The fourth-order valence-electron chi connectivity index (χ4n) is 2.21. The van der Waals surface area contributed by atoms with Crippen LogP contribution in [0.1, 0.15) is 22.5 Å². The van der Waals surface area contributed by atoms with E-state index in [-0.39, 0.29) is 32.0 Å². The highest BCUT2D eigenvalue weighted by molar-refractivity contribution is 5.94. The van der Waals surface area contributed by atoms with Gasteiger partial charge in [0.05, 0.1) is 18.2 Å². The van der Waals surface area contributed by atoms with Crippen molar-refractivity contribution in [2.45, 2.75) is 19.3 Å². The maximum atomic E-state index is 13.7. The lowest BCUT2D eigenvalue weighted by Gasteiger charge is -2.37. The van der Waals surface area contributed by atoms with Gasteiger partial charge in [0.25, 0.3) is 11.8 Å². The number of halogens is 2. The molecule has 1 fully saturated rings. The number of likely N-dealkylation sites (tertiary alicyclic amines) is 1. The first-order valence-electron chi connectivity index (χ1n) is 6.02. The van der Waals surface area contributed by atoms with Gasteiger partial charge in [0.2, 0.25) is 0 Å². The van der Waals surface area contributed by atoms with Crippen molar-refractivity contribution < 1.29 is 22.8 Å². The van der Waals surface area contributed by atoms with Crippen LogP contribution in [-0.4, -0.2) is 48.7 Å². The van der Waals surface area contributed by atoms with Crippen LogP contribution in [-0.2, 0) is 4.74 Å². The molecule has 0 radical (unpaired) electrons. The van der Waals surface area contributed by atoms with Gasteiger partial charge in [-0.1, -0.05) is 5.16 Å². The van der Waals surface area contributed by atoms with Gasteiger partial charge in [0.15, 0.2) is 0 Å². The molecular formula is C12H16F2N2O3. The molecule has 0 N–H and O–H groups in total. The Morgan fingerprint density at radius 1 is 1.68 bits per heavy atom. The van der Waals surface area contributed by atoms with Crippen molar-refractivity contribution in [3.8, 4) is 0 Å². The Bertz CT molecular complexity index is 462. The molecule has 7 heteroatoms. The van der Waals surface area contributed by atoms with Crippen LogP contribution >= 0.6 is 0 Å². The number of aromatic nitrogens is 1. The van der Waals surface area contributed by atoms with Gasteiger partial charge in [0.1, 0.15) is 11.8 Å². The third kappa shape index (κ3) is 2.75. The third-order valence-electron chi connectivity index (χ3n) is 3.39. The SMILES string of the molecule is COCC1CN(C(=O)c2conc2C)CCC1(F)F. The highest BCUT2D eigenvalue weighted by atomic mass is 19.3. The van der Waals surface area contributed by atoms with Crippen LogP contribution in [0, 0.1) is 12.8 Å². The van der Waals surface area contributed by atoms with Crippen molar-refractivity contribution in [1.29, 1.82) is 0 Å². The molecule has 1 aliphatic heterocycles. The van der Waals surface area contributed by atoms with Gasteiger partial charge in [-0.2, -0.15) is 0 Å². The first-order valence-corrected chi connectivity index (χ1v) is 6.02. The van der Waals surface area contributed by atoms with E-state index in [1.54, 1.807) is 6.92 Å². The van der Waals surface area contributed by atoms with Gasteiger partial charge in [-0.25, -0.2) is 8.78 Å². The van der Waals surface area contributed by atoms with E-state index in [0.717, 1.165) is 0 Å². The zero-order valence-electron chi connectivity index (χ0n) is 10.9. The summed E-state index contributed by atoms with van der Waals surface area (Å²) in [5.74, 6) is -4.10. The summed E-state index contributed by atoms with van der Waals surface area (Å²) in [7, 11) is 1.38. The molecule has 1 atom stereocenters. The predicted octanol–water partition coefficient (Wildman–Crippen LogP) is 1.73. The summed E-state index contributed by atoms with van der Waals surface area (Å²) in [6.07, 6.45) is 0.896. The summed E-state index contributed by atoms with van der Waals surface area (Å²) in [6.45, 7) is 1.57. The Hall–Kier alpha value is -1.50. The molecule has 1 aromatic rings. The third-order valence-corrected chi connectivity index (χ3v) is 3.39. The van der Waals surface area contributed by atoms with Crippen LogP contribution in [0.5, 0.6) is 0 Å².